The van der Waals surface area contributed by atoms with Crippen LogP contribution in [0.1, 0.15) is 24.8 Å². The molecule has 2 N–H and O–H groups in total. The number of aliphatic hydroxyl groups is 1. The van der Waals surface area contributed by atoms with Gasteiger partial charge in [0.15, 0.2) is 0 Å². The van der Waals surface area contributed by atoms with E-state index in [4.69, 9.17) is 0 Å². The van der Waals surface area contributed by atoms with Crippen LogP contribution in [0.5, 0.6) is 0 Å². The van der Waals surface area contributed by atoms with Crippen LogP contribution in [-0.2, 0) is 6.42 Å². The summed E-state index contributed by atoms with van der Waals surface area (Å²) in [6, 6.07) is 10.4. The van der Waals surface area contributed by atoms with Gasteiger partial charge < -0.3 is 10.4 Å². The average molecular weight is 219 g/mol. The quantitative estimate of drug-likeness (QED) is 0.811. The largest absolute Gasteiger partial charge is 0.393 e. The molecule has 0 saturated carbocycles. The molecule has 0 aliphatic carbocycles. The van der Waals surface area contributed by atoms with Crippen molar-refractivity contribution < 1.29 is 5.11 Å². The summed E-state index contributed by atoms with van der Waals surface area (Å²) in [5.74, 6) is 0.456. The van der Waals surface area contributed by atoms with Gasteiger partial charge in [-0.2, -0.15) is 0 Å². The Hall–Kier alpha value is -0.860. The lowest BCUT2D eigenvalue weighted by molar-refractivity contribution is 0.0844. The SMILES string of the molecule is OC(CCc1ccccc1)C1CCCNC1. The molecule has 1 aliphatic rings. The van der Waals surface area contributed by atoms with Gasteiger partial charge >= 0.3 is 0 Å². The average Bonchev–Trinajstić information content (AvgIpc) is 2.38. The molecule has 88 valence electrons. The highest BCUT2D eigenvalue weighted by molar-refractivity contribution is 5.14. The molecule has 0 radical (unpaired) electrons. The number of aliphatic hydroxyl groups excluding tert-OH is 1. The minimum atomic E-state index is -0.145. The van der Waals surface area contributed by atoms with Crippen LogP contribution in [-0.4, -0.2) is 24.3 Å². The molecule has 1 aliphatic heterocycles. The molecule has 1 aromatic rings. The van der Waals surface area contributed by atoms with Gasteiger partial charge in [0.25, 0.3) is 0 Å². The highest BCUT2D eigenvalue weighted by Gasteiger charge is 2.20. The summed E-state index contributed by atoms with van der Waals surface area (Å²) in [6.45, 7) is 2.10. The highest BCUT2D eigenvalue weighted by atomic mass is 16.3. The zero-order chi connectivity index (χ0) is 11.2. The molecular formula is C14H21NO. The van der Waals surface area contributed by atoms with Crippen molar-refractivity contribution in [2.24, 2.45) is 5.92 Å². The number of rotatable bonds is 4. The Morgan fingerprint density at radius 3 is 2.81 bits per heavy atom. The van der Waals surface area contributed by atoms with Crippen LogP contribution >= 0.6 is 0 Å². The summed E-state index contributed by atoms with van der Waals surface area (Å²) < 4.78 is 0. The third-order valence-corrected chi connectivity index (χ3v) is 3.45. The summed E-state index contributed by atoms with van der Waals surface area (Å²) in [4.78, 5) is 0. The maximum Gasteiger partial charge on any atom is 0.0583 e. The van der Waals surface area contributed by atoms with Crippen molar-refractivity contribution in [1.29, 1.82) is 0 Å². The number of hydrogen-bond acceptors (Lipinski definition) is 2. The number of nitrogens with one attached hydrogen (secondary N) is 1. The Morgan fingerprint density at radius 1 is 1.31 bits per heavy atom. The van der Waals surface area contributed by atoms with E-state index in [9.17, 15) is 5.11 Å². The number of aryl methyl sites for hydroxylation is 1. The van der Waals surface area contributed by atoms with E-state index in [-0.39, 0.29) is 6.10 Å². The van der Waals surface area contributed by atoms with Gasteiger partial charge in [0, 0.05) is 6.54 Å². The van der Waals surface area contributed by atoms with E-state index in [0.717, 1.165) is 25.9 Å². The summed E-state index contributed by atoms with van der Waals surface area (Å²) in [6.07, 6.45) is 4.10. The van der Waals surface area contributed by atoms with Crippen LogP contribution in [0.3, 0.4) is 0 Å². The Bertz CT molecular complexity index is 293. The Balaban J connectivity index is 1.76. The second-order valence-corrected chi connectivity index (χ2v) is 4.70. The van der Waals surface area contributed by atoms with Crippen LogP contribution in [0.4, 0.5) is 0 Å². The first-order valence-electron chi connectivity index (χ1n) is 6.29. The Morgan fingerprint density at radius 2 is 2.12 bits per heavy atom. The summed E-state index contributed by atoms with van der Waals surface area (Å²) in [7, 11) is 0. The molecule has 2 heteroatoms. The molecule has 0 amide bonds. The number of piperidine rings is 1. The van der Waals surface area contributed by atoms with Gasteiger partial charge in [-0.25, -0.2) is 0 Å². The topological polar surface area (TPSA) is 32.3 Å². The molecule has 0 bridgehead atoms. The standard InChI is InChI=1S/C14H21NO/c16-14(13-7-4-10-15-11-13)9-8-12-5-2-1-3-6-12/h1-3,5-6,13-16H,4,7-11H2. The predicted molar refractivity (Wildman–Crippen MR) is 66.4 cm³/mol. The molecule has 16 heavy (non-hydrogen) atoms. The molecule has 1 heterocycles. The van der Waals surface area contributed by atoms with E-state index in [1.807, 2.05) is 6.07 Å². The van der Waals surface area contributed by atoms with Crippen LogP contribution in [0, 0.1) is 5.92 Å². The van der Waals surface area contributed by atoms with E-state index in [1.54, 1.807) is 0 Å². The van der Waals surface area contributed by atoms with Crippen LogP contribution in [0.25, 0.3) is 0 Å². The molecule has 0 aromatic heterocycles. The monoisotopic (exact) mass is 219 g/mol. The molecule has 1 fully saturated rings. The van der Waals surface area contributed by atoms with Crippen LogP contribution in [0.15, 0.2) is 30.3 Å². The summed E-state index contributed by atoms with van der Waals surface area (Å²) >= 11 is 0. The van der Waals surface area contributed by atoms with Crippen molar-refractivity contribution in [3.05, 3.63) is 35.9 Å². The molecule has 1 aromatic carbocycles. The first-order valence-corrected chi connectivity index (χ1v) is 6.29. The van der Waals surface area contributed by atoms with E-state index < -0.39 is 0 Å². The van der Waals surface area contributed by atoms with E-state index in [0.29, 0.717) is 5.92 Å². The van der Waals surface area contributed by atoms with Gasteiger partial charge in [-0.1, -0.05) is 30.3 Å². The van der Waals surface area contributed by atoms with Gasteiger partial charge in [0.1, 0.15) is 0 Å². The lowest BCUT2D eigenvalue weighted by Crippen LogP contribution is -2.36. The van der Waals surface area contributed by atoms with Crippen LogP contribution in [0.2, 0.25) is 0 Å². The Kier molecular flexibility index (Phi) is 4.37. The molecule has 0 spiro atoms. The highest BCUT2D eigenvalue weighted by Crippen LogP contribution is 2.18. The fraction of sp³-hybridized carbons (Fsp3) is 0.571. The normalized spacial score (nSPS) is 22.9. The molecule has 2 rings (SSSR count). The minimum absolute atomic E-state index is 0.145. The lowest BCUT2D eigenvalue weighted by Gasteiger charge is -2.27. The predicted octanol–water partition coefficient (Wildman–Crippen LogP) is 1.98. The second-order valence-electron chi connectivity index (χ2n) is 4.70. The van der Waals surface area contributed by atoms with Gasteiger partial charge in [0.05, 0.1) is 6.10 Å². The molecule has 2 unspecified atom stereocenters. The molecule has 2 atom stereocenters. The van der Waals surface area contributed by atoms with Crippen molar-refractivity contribution in [2.75, 3.05) is 13.1 Å². The van der Waals surface area contributed by atoms with E-state index in [2.05, 4.69) is 29.6 Å². The number of hydrogen-bond donors (Lipinski definition) is 2. The van der Waals surface area contributed by atoms with Crippen molar-refractivity contribution in [3.8, 4) is 0 Å². The van der Waals surface area contributed by atoms with E-state index >= 15 is 0 Å². The maximum atomic E-state index is 10.1. The Labute approximate surface area is 97.7 Å². The summed E-state index contributed by atoms with van der Waals surface area (Å²) in [5, 5.41) is 13.4. The van der Waals surface area contributed by atoms with Crippen molar-refractivity contribution in [1.82, 2.24) is 5.32 Å². The minimum Gasteiger partial charge on any atom is -0.393 e. The third kappa shape index (κ3) is 3.32. The smallest absolute Gasteiger partial charge is 0.0583 e. The first kappa shape index (κ1) is 11.6. The number of benzene rings is 1. The zero-order valence-corrected chi connectivity index (χ0v) is 9.73. The fourth-order valence-electron chi connectivity index (χ4n) is 2.40. The maximum absolute atomic E-state index is 10.1. The molecular weight excluding hydrogens is 198 g/mol. The van der Waals surface area contributed by atoms with Gasteiger partial charge in [0.2, 0.25) is 0 Å². The van der Waals surface area contributed by atoms with Gasteiger partial charge in [-0.05, 0) is 43.7 Å². The van der Waals surface area contributed by atoms with Crippen molar-refractivity contribution >= 4 is 0 Å². The third-order valence-electron chi connectivity index (χ3n) is 3.45. The first-order chi connectivity index (χ1) is 7.86. The van der Waals surface area contributed by atoms with Gasteiger partial charge in [-0.15, -0.1) is 0 Å². The summed E-state index contributed by atoms with van der Waals surface area (Å²) in [5.41, 5.74) is 1.32. The van der Waals surface area contributed by atoms with E-state index in [1.165, 1.54) is 18.4 Å². The van der Waals surface area contributed by atoms with Crippen molar-refractivity contribution in [3.63, 3.8) is 0 Å². The fourth-order valence-corrected chi connectivity index (χ4v) is 2.40. The molecule has 1 saturated heterocycles. The lowest BCUT2D eigenvalue weighted by atomic mass is 9.90. The second kappa shape index (κ2) is 6.02. The zero-order valence-electron chi connectivity index (χ0n) is 9.73. The van der Waals surface area contributed by atoms with Crippen LogP contribution < -0.4 is 5.32 Å². The van der Waals surface area contributed by atoms with Gasteiger partial charge in [-0.3, -0.25) is 0 Å². The molecule has 2 nitrogen and oxygen atoms in total. The van der Waals surface area contributed by atoms with Crippen molar-refractivity contribution in [2.45, 2.75) is 31.8 Å².